The molecule has 0 unspecified atom stereocenters. The average Bonchev–Trinajstić information content (AvgIpc) is 2.64. The van der Waals surface area contributed by atoms with Crippen LogP contribution in [0.3, 0.4) is 0 Å². The Kier molecular flexibility index (Phi) is 4.62. The van der Waals surface area contributed by atoms with Crippen LogP contribution in [0.15, 0.2) is 6.07 Å². The predicted octanol–water partition coefficient (Wildman–Crippen LogP) is 0.148. The first kappa shape index (κ1) is 11.5. The molecule has 0 bridgehead atoms. The Labute approximate surface area is 88.2 Å². The maximum absolute atomic E-state index is 11.4. The zero-order chi connectivity index (χ0) is 11.1. The van der Waals surface area contributed by atoms with Crippen molar-refractivity contribution in [3.8, 4) is 0 Å². The van der Waals surface area contributed by atoms with E-state index in [1.165, 1.54) is 6.07 Å². The molecule has 0 saturated carbocycles. The van der Waals surface area contributed by atoms with E-state index in [1.807, 2.05) is 6.92 Å². The van der Waals surface area contributed by atoms with Crippen LogP contribution >= 0.6 is 0 Å². The van der Waals surface area contributed by atoms with Crippen molar-refractivity contribution in [3.63, 3.8) is 0 Å². The Morgan fingerprint density at radius 2 is 2.53 bits per heavy atom. The summed E-state index contributed by atoms with van der Waals surface area (Å²) in [6.45, 7) is 3.87. The van der Waals surface area contributed by atoms with Crippen molar-refractivity contribution in [2.24, 2.45) is 0 Å². The molecule has 0 spiro atoms. The van der Waals surface area contributed by atoms with Gasteiger partial charge in [0, 0.05) is 25.8 Å². The summed E-state index contributed by atoms with van der Waals surface area (Å²) in [6, 6.07) is 1.50. The Balaban J connectivity index is 2.19. The van der Waals surface area contributed by atoms with E-state index < -0.39 is 0 Å². The SMILES string of the molecule is CCOCCCNC(=O)c1cc(N)n[nH]1. The molecule has 1 rings (SSSR count). The lowest BCUT2D eigenvalue weighted by Crippen LogP contribution is -2.25. The smallest absolute Gasteiger partial charge is 0.269 e. The van der Waals surface area contributed by atoms with Crippen LogP contribution in [0.4, 0.5) is 5.82 Å². The normalized spacial score (nSPS) is 10.2. The van der Waals surface area contributed by atoms with Crippen LogP contribution in [-0.4, -0.2) is 35.9 Å². The van der Waals surface area contributed by atoms with Gasteiger partial charge in [0.15, 0.2) is 0 Å². The number of ether oxygens (including phenoxy) is 1. The second kappa shape index (κ2) is 6.02. The first-order valence-electron chi connectivity index (χ1n) is 4.91. The molecule has 0 fully saturated rings. The van der Waals surface area contributed by atoms with E-state index in [1.54, 1.807) is 0 Å². The standard InChI is InChI=1S/C9H16N4O2/c1-2-15-5-3-4-11-9(14)7-6-8(10)13-12-7/h6H,2-5H2,1H3,(H,11,14)(H3,10,12,13). The van der Waals surface area contributed by atoms with Crippen LogP contribution in [0.1, 0.15) is 23.8 Å². The maximum Gasteiger partial charge on any atom is 0.269 e. The van der Waals surface area contributed by atoms with Gasteiger partial charge in [0.2, 0.25) is 0 Å². The highest BCUT2D eigenvalue weighted by Gasteiger charge is 2.06. The van der Waals surface area contributed by atoms with Crippen LogP contribution in [-0.2, 0) is 4.74 Å². The monoisotopic (exact) mass is 212 g/mol. The third kappa shape index (κ3) is 3.99. The van der Waals surface area contributed by atoms with Crippen molar-refractivity contribution in [2.45, 2.75) is 13.3 Å². The number of nitrogen functional groups attached to an aromatic ring is 1. The van der Waals surface area contributed by atoms with E-state index in [0.29, 0.717) is 31.3 Å². The molecule has 84 valence electrons. The Hall–Kier alpha value is -1.56. The number of rotatable bonds is 6. The molecule has 4 N–H and O–H groups in total. The van der Waals surface area contributed by atoms with Gasteiger partial charge in [-0.15, -0.1) is 0 Å². The van der Waals surface area contributed by atoms with E-state index in [9.17, 15) is 4.79 Å². The lowest BCUT2D eigenvalue weighted by Gasteiger charge is -2.03. The third-order valence-electron chi connectivity index (χ3n) is 1.80. The van der Waals surface area contributed by atoms with Gasteiger partial charge < -0.3 is 15.8 Å². The highest BCUT2D eigenvalue weighted by Crippen LogP contribution is 1.99. The minimum atomic E-state index is -0.198. The molecule has 0 aromatic carbocycles. The highest BCUT2D eigenvalue weighted by atomic mass is 16.5. The number of hydrogen-bond donors (Lipinski definition) is 3. The summed E-state index contributed by atoms with van der Waals surface area (Å²) >= 11 is 0. The fourth-order valence-corrected chi connectivity index (χ4v) is 1.07. The lowest BCUT2D eigenvalue weighted by molar-refractivity contribution is 0.0939. The topological polar surface area (TPSA) is 93.0 Å². The van der Waals surface area contributed by atoms with Gasteiger partial charge in [-0.1, -0.05) is 0 Å². The first-order chi connectivity index (χ1) is 7.24. The number of H-pyrrole nitrogens is 1. The second-order valence-electron chi connectivity index (χ2n) is 3.01. The molecule has 0 aliphatic carbocycles. The number of carbonyl (C=O) groups excluding carboxylic acids is 1. The zero-order valence-corrected chi connectivity index (χ0v) is 8.75. The largest absolute Gasteiger partial charge is 0.382 e. The number of aromatic amines is 1. The molecule has 0 atom stereocenters. The summed E-state index contributed by atoms with van der Waals surface area (Å²) in [6.07, 6.45) is 0.795. The van der Waals surface area contributed by atoms with Gasteiger partial charge in [-0.2, -0.15) is 5.10 Å². The minimum absolute atomic E-state index is 0.198. The van der Waals surface area contributed by atoms with Crippen LogP contribution in [0, 0.1) is 0 Å². The number of anilines is 1. The molecular weight excluding hydrogens is 196 g/mol. The summed E-state index contributed by atoms with van der Waals surface area (Å²) in [5.41, 5.74) is 5.75. The van der Waals surface area contributed by atoms with Gasteiger partial charge in [-0.25, -0.2) is 0 Å². The molecular formula is C9H16N4O2. The summed E-state index contributed by atoms with van der Waals surface area (Å²) in [5, 5.41) is 8.93. The molecule has 1 heterocycles. The first-order valence-corrected chi connectivity index (χ1v) is 4.91. The number of amides is 1. The quantitative estimate of drug-likeness (QED) is 0.585. The van der Waals surface area contributed by atoms with Crippen molar-refractivity contribution < 1.29 is 9.53 Å². The maximum atomic E-state index is 11.4. The number of hydrogen-bond acceptors (Lipinski definition) is 4. The summed E-state index contributed by atoms with van der Waals surface area (Å²) in [7, 11) is 0. The molecule has 1 aromatic heterocycles. The summed E-state index contributed by atoms with van der Waals surface area (Å²) in [5.74, 6) is 0.116. The number of aromatic nitrogens is 2. The molecule has 1 amide bonds. The van der Waals surface area contributed by atoms with E-state index >= 15 is 0 Å². The number of nitrogens with zero attached hydrogens (tertiary/aromatic N) is 1. The van der Waals surface area contributed by atoms with E-state index in [2.05, 4.69) is 15.5 Å². The van der Waals surface area contributed by atoms with Crippen molar-refractivity contribution in [1.82, 2.24) is 15.5 Å². The summed E-state index contributed by atoms with van der Waals surface area (Å²) < 4.78 is 5.13. The van der Waals surface area contributed by atoms with Crippen LogP contribution in [0.25, 0.3) is 0 Å². The lowest BCUT2D eigenvalue weighted by atomic mass is 10.3. The van der Waals surface area contributed by atoms with Crippen molar-refractivity contribution in [1.29, 1.82) is 0 Å². The van der Waals surface area contributed by atoms with Gasteiger partial charge in [0.1, 0.15) is 11.5 Å². The Bertz CT molecular complexity index is 311. The van der Waals surface area contributed by atoms with Crippen LogP contribution < -0.4 is 11.1 Å². The molecule has 1 aromatic rings. The fourth-order valence-electron chi connectivity index (χ4n) is 1.07. The Morgan fingerprint density at radius 1 is 1.73 bits per heavy atom. The molecule has 0 saturated heterocycles. The number of nitrogens with two attached hydrogens (primary N) is 1. The van der Waals surface area contributed by atoms with Gasteiger partial charge in [0.05, 0.1) is 0 Å². The van der Waals surface area contributed by atoms with Crippen molar-refractivity contribution in [3.05, 3.63) is 11.8 Å². The molecule has 6 nitrogen and oxygen atoms in total. The number of nitrogens with one attached hydrogen (secondary N) is 2. The molecule has 15 heavy (non-hydrogen) atoms. The Morgan fingerprint density at radius 3 is 3.13 bits per heavy atom. The second-order valence-corrected chi connectivity index (χ2v) is 3.01. The molecule has 0 aliphatic heterocycles. The van der Waals surface area contributed by atoms with Gasteiger partial charge in [-0.05, 0) is 13.3 Å². The molecule has 0 aliphatic rings. The molecule has 6 heteroatoms. The van der Waals surface area contributed by atoms with Crippen LogP contribution in [0.5, 0.6) is 0 Å². The minimum Gasteiger partial charge on any atom is -0.382 e. The fraction of sp³-hybridized carbons (Fsp3) is 0.556. The van der Waals surface area contributed by atoms with Crippen LogP contribution in [0.2, 0.25) is 0 Å². The van der Waals surface area contributed by atoms with Gasteiger partial charge >= 0.3 is 0 Å². The van der Waals surface area contributed by atoms with Gasteiger partial charge in [0.25, 0.3) is 5.91 Å². The average molecular weight is 212 g/mol. The van der Waals surface area contributed by atoms with Gasteiger partial charge in [-0.3, -0.25) is 9.89 Å². The van der Waals surface area contributed by atoms with Crippen molar-refractivity contribution >= 4 is 11.7 Å². The zero-order valence-electron chi connectivity index (χ0n) is 8.75. The van der Waals surface area contributed by atoms with Crippen molar-refractivity contribution in [2.75, 3.05) is 25.5 Å². The third-order valence-corrected chi connectivity index (χ3v) is 1.80. The van der Waals surface area contributed by atoms with E-state index in [-0.39, 0.29) is 5.91 Å². The number of carbonyl (C=O) groups is 1. The van der Waals surface area contributed by atoms with E-state index in [0.717, 1.165) is 6.42 Å². The summed E-state index contributed by atoms with van der Waals surface area (Å²) in [4.78, 5) is 11.4. The predicted molar refractivity (Wildman–Crippen MR) is 56.4 cm³/mol. The highest BCUT2D eigenvalue weighted by molar-refractivity contribution is 5.92. The molecule has 0 radical (unpaired) electrons. The van der Waals surface area contributed by atoms with E-state index in [4.69, 9.17) is 10.5 Å².